The molecule has 2 aromatic rings. The Morgan fingerprint density at radius 2 is 1.78 bits per heavy atom. The van der Waals surface area contributed by atoms with Crippen LogP contribution in [0.4, 0.5) is 11.4 Å². The lowest BCUT2D eigenvalue weighted by Gasteiger charge is -2.16. The zero-order valence-corrected chi connectivity index (χ0v) is 14.3. The molecule has 1 N–H and O–H groups in total. The molecule has 1 aliphatic rings. The number of hydrogen-bond donors (Lipinski definition) is 1. The number of anilines is 2. The first-order chi connectivity index (χ1) is 11.0. The first-order valence-electron chi connectivity index (χ1n) is 7.46. The molecule has 23 heavy (non-hydrogen) atoms. The number of nitrogens with one attached hydrogen (secondary N) is 1. The van der Waals surface area contributed by atoms with E-state index >= 15 is 0 Å². The maximum Gasteiger partial charge on any atom is 0.229 e. The zero-order chi connectivity index (χ0) is 16.4. The SMILES string of the molecule is Cc1ccc(NC(=O)[C@@H]2CC(=O)N(c3ccc(Br)cc3)C2)cc1. The van der Waals surface area contributed by atoms with Crippen molar-refractivity contribution in [1.82, 2.24) is 0 Å². The van der Waals surface area contributed by atoms with Crippen LogP contribution < -0.4 is 10.2 Å². The second kappa shape index (κ2) is 6.54. The highest BCUT2D eigenvalue weighted by atomic mass is 79.9. The van der Waals surface area contributed by atoms with Gasteiger partial charge in [0, 0.05) is 28.8 Å². The second-order valence-electron chi connectivity index (χ2n) is 5.74. The van der Waals surface area contributed by atoms with Crippen LogP contribution in [-0.2, 0) is 9.59 Å². The third-order valence-electron chi connectivity index (χ3n) is 3.95. The minimum atomic E-state index is -0.326. The van der Waals surface area contributed by atoms with Crippen LogP contribution in [-0.4, -0.2) is 18.4 Å². The van der Waals surface area contributed by atoms with E-state index in [4.69, 9.17) is 0 Å². The predicted octanol–water partition coefficient (Wildman–Crippen LogP) is 3.75. The largest absolute Gasteiger partial charge is 0.326 e. The van der Waals surface area contributed by atoms with E-state index < -0.39 is 0 Å². The van der Waals surface area contributed by atoms with Gasteiger partial charge in [-0.15, -0.1) is 0 Å². The summed E-state index contributed by atoms with van der Waals surface area (Å²) in [4.78, 5) is 26.3. The smallest absolute Gasteiger partial charge is 0.229 e. The summed E-state index contributed by atoms with van der Waals surface area (Å²) in [6.45, 7) is 2.41. The monoisotopic (exact) mass is 372 g/mol. The van der Waals surface area contributed by atoms with Crippen LogP contribution in [0.3, 0.4) is 0 Å². The van der Waals surface area contributed by atoms with E-state index in [9.17, 15) is 9.59 Å². The molecular weight excluding hydrogens is 356 g/mol. The molecule has 0 bridgehead atoms. The van der Waals surface area contributed by atoms with E-state index in [-0.39, 0.29) is 24.2 Å². The molecule has 1 fully saturated rings. The Labute approximate surface area is 143 Å². The van der Waals surface area contributed by atoms with Crippen molar-refractivity contribution in [3.63, 3.8) is 0 Å². The minimum absolute atomic E-state index is 0.0172. The molecule has 2 amide bonds. The summed E-state index contributed by atoms with van der Waals surface area (Å²) in [6, 6.07) is 15.2. The van der Waals surface area contributed by atoms with Gasteiger partial charge in [0.25, 0.3) is 0 Å². The first kappa shape index (κ1) is 15.7. The summed E-state index contributed by atoms with van der Waals surface area (Å²) >= 11 is 3.38. The van der Waals surface area contributed by atoms with Crippen molar-refractivity contribution in [3.05, 3.63) is 58.6 Å². The molecule has 0 radical (unpaired) electrons. The maximum atomic E-state index is 12.4. The third-order valence-corrected chi connectivity index (χ3v) is 4.48. The number of carbonyl (C=O) groups excluding carboxylic acids is 2. The van der Waals surface area contributed by atoms with Crippen molar-refractivity contribution >= 4 is 39.1 Å². The lowest BCUT2D eigenvalue weighted by molar-refractivity contribution is -0.122. The summed E-state index contributed by atoms with van der Waals surface area (Å²) in [7, 11) is 0. The summed E-state index contributed by atoms with van der Waals surface area (Å²) in [5.74, 6) is -0.453. The molecule has 4 nitrogen and oxygen atoms in total. The van der Waals surface area contributed by atoms with Gasteiger partial charge in [-0.2, -0.15) is 0 Å². The number of benzene rings is 2. The van der Waals surface area contributed by atoms with Gasteiger partial charge in [-0.05, 0) is 43.3 Å². The molecular formula is C18H17BrN2O2. The Balaban J connectivity index is 1.68. The topological polar surface area (TPSA) is 49.4 Å². The van der Waals surface area contributed by atoms with Gasteiger partial charge >= 0.3 is 0 Å². The average Bonchev–Trinajstić information content (AvgIpc) is 2.92. The highest BCUT2D eigenvalue weighted by Crippen LogP contribution is 2.27. The van der Waals surface area contributed by atoms with Crippen LogP contribution in [0.2, 0.25) is 0 Å². The Kier molecular flexibility index (Phi) is 4.48. The summed E-state index contributed by atoms with van der Waals surface area (Å²) in [6.07, 6.45) is 0.244. The number of halogens is 1. The van der Waals surface area contributed by atoms with Crippen LogP contribution in [0.15, 0.2) is 53.0 Å². The highest BCUT2D eigenvalue weighted by Gasteiger charge is 2.35. The normalized spacial score (nSPS) is 17.4. The van der Waals surface area contributed by atoms with E-state index in [2.05, 4.69) is 21.2 Å². The molecule has 5 heteroatoms. The summed E-state index contributed by atoms with van der Waals surface area (Å²) in [5, 5.41) is 2.89. The number of carbonyl (C=O) groups is 2. The van der Waals surface area contributed by atoms with Gasteiger partial charge in [-0.3, -0.25) is 9.59 Å². The molecule has 0 unspecified atom stereocenters. The fourth-order valence-electron chi connectivity index (χ4n) is 2.63. The van der Waals surface area contributed by atoms with Gasteiger partial charge in [-0.25, -0.2) is 0 Å². The zero-order valence-electron chi connectivity index (χ0n) is 12.8. The van der Waals surface area contributed by atoms with Gasteiger partial charge in [0.05, 0.1) is 5.92 Å². The molecule has 1 aliphatic heterocycles. The molecule has 1 heterocycles. The molecule has 1 saturated heterocycles. The Hall–Kier alpha value is -2.14. The molecule has 0 spiro atoms. The van der Waals surface area contributed by atoms with Gasteiger partial charge < -0.3 is 10.2 Å². The van der Waals surface area contributed by atoms with Crippen molar-refractivity contribution in [3.8, 4) is 0 Å². The Bertz CT molecular complexity index is 726. The molecule has 3 rings (SSSR count). The fourth-order valence-corrected chi connectivity index (χ4v) is 2.90. The van der Waals surface area contributed by atoms with Gasteiger partial charge in [-0.1, -0.05) is 33.6 Å². The van der Waals surface area contributed by atoms with Gasteiger partial charge in [0.1, 0.15) is 0 Å². The third kappa shape index (κ3) is 3.62. The Morgan fingerprint density at radius 1 is 1.13 bits per heavy atom. The van der Waals surface area contributed by atoms with Crippen LogP contribution in [0.1, 0.15) is 12.0 Å². The standard InChI is InChI=1S/C18H17BrN2O2/c1-12-2-6-15(7-3-12)20-18(23)13-10-17(22)21(11-13)16-8-4-14(19)5-9-16/h2-9,13H,10-11H2,1H3,(H,20,23)/t13-/m1/s1. The average molecular weight is 373 g/mol. The summed E-state index contributed by atoms with van der Waals surface area (Å²) < 4.78 is 0.960. The van der Waals surface area contributed by atoms with Gasteiger partial charge in [0.15, 0.2) is 0 Å². The lowest BCUT2D eigenvalue weighted by Crippen LogP contribution is -2.28. The predicted molar refractivity (Wildman–Crippen MR) is 94.4 cm³/mol. The van der Waals surface area contributed by atoms with Crippen LogP contribution in [0, 0.1) is 12.8 Å². The molecule has 118 valence electrons. The maximum absolute atomic E-state index is 12.4. The molecule has 0 saturated carbocycles. The van der Waals surface area contributed by atoms with Crippen molar-refractivity contribution in [2.45, 2.75) is 13.3 Å². The highest BCUT2D eigenvalue weighted by molar-refractivity contribution is 9.10. The minimum Gasteiger partial charge on any atom is -0.326 e. The van der Waals surface area contributed by atoms with Crippen LogP contribution >= 0.6 is 15.9 Å². The lowest BCUT2D eigenvalue weighted by atomic mass is 10.1. The van der Waals surface area contributed by atoms with Crippen molar-refractivity contribution in [2.24, 2.45) is 5.92 Å². The van der Waals surface area contributed by atoms with E-state index in [0.29, 0.717) is 6.54 Å². The molecule has 0 aromatic heterocycles. The Morgan fingerprint density at radius 3 is 2.43 bits per heavy atom. The first-order valence-corrected chi connectivity index (χ1v) is 8.26. The molecule has 0 aliphatic carbocycles. The molecule has 1 atom stereocenters. The second-order valence-corrected chi connectivity index (χ2v) is 6.65. The fraction of sp³-hybridized carbons (Fsp3) is 0.222. The van der Waals surface area contributed by atoms with E-state index in [1.807, 2.05) is 55.5 Å². The van der Waals surface area contributed by atoms with E-state index in [0.717, 1.165) is 21.4 Å². The number of hydrogen-bond acceptors (Lipinski definition) is 2. The van der Waals surface area contributed by atoms with Crippen molar-refractivity contribution in [1.29, 1.82) is 0 Å². The number of amides is 2. The van der Waals surface area contributed by atoms with Crippen molar-refractivity contribution < 1.29 is 9.59 Å². The summed E-state index contributed by atoms with van der Waals surface area (Å²) in [5.41, 5.74) is 2.72. The van der Waals surface area contributed by atoms with Crippen LogP contribution in [0.5, 0.6) is 0 Å². The van der Waals surface area contributed by atoms with E-state index in [1.54, 1.807) is 4.90 Å². The number of nitrogens with zero attached hydrogens (tertiary/aromatic N) is 1. The van der Waals surface area contributed by atoms with E-state index in [1.165, 1.54) is 0 Å². The van der Waals surface area contributed by atoms with Crippen molar-refractivity contribution in [2.75, 3.05) is 16.8 Å². The molecule has 2 aromatic carbocycles. The number of aryl methyl sites for hydroxylation is 1. The number of rotatable bonds is 3. The quantitative estimate of drug-likeness (QED) is 0.891. The van der Waals surface area contributed by atoms with Crippen LogP contribution in [0.25, 0.3) is 0 Å². The van der Waals surface area contributed by atoms with Gasteiger partial charge in [0.2, 0.25) is 11.8 Å².